The molecule has 2 saturated heterocycles. The van der Waals surface area contributed by atoms with E-state index in [2.05, 4.69) is 5.73 Å². The van der Waals surface area contributed by atoms with Gasteiger partial charge in [0, 0.05) is 0 Å². The average molecular weight is 358 g/mol. The molecule has 0 unspecified atom stereocenters. The predicted molar refractivity (Wildman–Crippen MR) is 73.0 cm³/mol. The number of aliphatic hydroxyl groups excluding tert-OH is 6. The zero-order chi connectivity index (χ0) is 18.0. The van der Waals surface area contributed by atoms with E-state index >= 15 is 0 Å². The molecule has 142 valence electrons. The largest absolute Gasteiger partial charge is 0.394 e. The Morgan fingerprint density at radius 3 is 2.04 bits per heavy atom. The first kappa shape index (κ1) is 19.8. The van der Waals surface area contributed by atoms with Gasteiger partial charge in [-0.1, -0.05) is 0 Å². The van der Waals surface area contributed by atoms with E-state index in [0.717, 1.165) is 0 Å². The van der Waals surface area contributed by atoms with E-state index in [1.807, 2.05) is 0 Å². The van der Waals surface area contributed by atoms with Crippen LogP contribution in [0, 0.1) is 0 Å². The summed E-state index contributed by atoms with van der Waals surface area (Å²) < 4.78 is 28.6. The van der Waals surface area contributed by atoms with Gasteiger partial charge < -0.3 is 50.6 Å². The first-order chi connectivity index (χ1) is 11.3. The van der Waals surface area contributed by atoms with Crippen LogP contribution in [0.15, 0.2) is 0 Å². The molecule has 0 aromatic heterocycles. The fourth-order valence-corrected chi connectivity index (χ4v) is 2.78. The Morgan fingerprint density at radius 1 is 0.833 bits per heavy atom. The van der Waals surface area contributed by atoms with Crippen molar-refractivity contribution in [3.8, 4) is 0 Å². The van der Waals surface area contributed by atoms with Crippen LogP contribution in [-0.4, -0.2) is 112 Å². The van der Waals surface area contributed by atoms with Gasteiger partial charge in [0.05, 0.1) is 13.2 Å². The van der Waals surface area contributed by atoms with Crippen LogP contribution in [0.4, 0.5) is 4.39 Å². The number of rotatable bonds is 5. The fourth-order valence-electron chi connectivity index (χ4n) is 2.78. The van der Waals surface area contributed by atoms with Crippen LogP contribution in [0.2, 0.25) is 0 Å². The number of quaternary nitrogens is 1. The van der Waals surface area contributed by atoms with E-state index in [4.69, 9.17) is 19.3 Å². The topological polar surface area (TPSA) is 177 Å². The summed E-state index contributed by atoms with van der Waals surface area (Å²) in [5.74, 6) is 0. The van der Waals surface area contributed by atoms with E-state index in [1.54, 1.807) is 0 Å². The zero-order valence-electron chi connectivity index (χ0n) is 12.9. The molecule has 0 spiro atoms. The molecule has 0 aromatic rings. The Kier molecular flexibility index (Phi) is 6.84. The van der Waals surface area contributed by atoms with Crippen LogP contribution in [0.1, 0.15) is 0 Å². The van der Waals surface area contributed by atoms with E-state index in [-0.39, 0.29) is 0 Å². The van der Waals surface area contributed by atoms with Gasteiger partial charge in [0.15, 0.2) is 6.29 Å². The molecule has 24 heavy (non-hydrogen) atoms. The molecule has 2 heterocycles. The minimum atomic E-state index is -1.56. The van der Waals surface area contributed by atoms with Gasteiger partial charge in [-0.3, -0.25) is 0 Å². The zero-order valence-corrected chi connectivity index (χ0v) is 12.9. The second kappa shape index (κ2) is 8.27. The minimum Gasteiger partial charge on any atom is -0.394 e. The first-order valence-corrected chi connectivity index (χ1v) is 7.64. The van der Waals surface area contributed by atoms with E-state index in [9.17, 15) is 29.9 Å². The highest BCUT2D eigenvalue weighted by Gasteiger charge is 2.47. The Bertz CT molecular complexity index is 366. The van der Waals surface area contributed by atoms with Crippen molar-refractivity contribution >= 4 is 0 Å². The molecule has 0 bridgehead atoms. The Labute approximate surface area is 137 Å². The second-order valence-electron chi connectivity index (χ2n) is 6.04. The molecule has 2 fully saturated rings. The van der Waals surface area contributed by atoms with Gasteiger partial charge in [-0.25, -0.2) is 4.39 Å². The number of halogens is 1. The van der Waals surface area contributed by atoms with Crippen molar-refractivity contribution < 1.29 is 55.0 Å². The number of aliphatic hydroxyl groups is 6. The van der Waals surface area contributed by atoms with Crippen molar-refractivity contribution in [2.75, 3.05) is 19.9 Å². The van der Waals surface area contributed by atoms with Gasteiger partial charge in [-0.05, 0) is 0 Å². The van der Waals surface area contributed by atoms with Crippen LogP contribution in [-0.2, 0) is 14.2 Å². The minimum absolute atomic E-state index is 0.392. The maximum atomic E-state index is 12.9. The Hall–Kier alpha value is -0.470. The van der Waals surface area contributed by atoms with Crippen LogP contribution >= 0.6 is 0 Å². The van der Waals surface area contributed by atoms with E-state index in [0.29, 0.717) is 0 Å². The third kappa shape index (κ3) is 3.85. The highest BCUT2D eigenvalue weighted by atomic mass is 19.1. The Balaban J connectivity index is 1.96. The standard InChI is InChI=1S/C13H24FNO9/c14-1-4-7(15)10(19)12(21)13(24-4)22-3-6-9(18)11(20)8(17)5(2-16)23-6/h4-13,16-21H,1-3,15H2/p+1/t4-,5-,6-,7+,8-,9+,10+,11+,12-,13+/m1/s1. The molecule has 11 heteroatoms. The average Bonchev–Trinajstić information content (AvgIpc) is 2.58. The van der Waals surface area contributed by atoms with Gasteiger partial charge in [0.2, 0.25) is 0 Å². The maximum absolute atomic E-state index is 12.9. The van der Waals surface area contributed by atoms with Crippen LogP contribution in [0.5, 0.6) is 0 Å². The molecular weight excluding hydrogens is 333 g/mol. The lowest BCUT2D eigenvalue weighted by Crippen LogP contribution is -2.78. The molecule has 0 aromatic carbocycles. The normalized spacial score (nSPS) is 50.0. The second-order valence-corrected chi connectivity index (χ2v) is 6.04. The summed E-state index contributed by atoms with van der Waals surface area (Å²) in [6.07, 6.45) is -12.1. The molecule has 0 amide bonds. The summed E-state index contributed by atoms with van der Waals surface area (Å²) in [4.78, 5) is 0. The van der Waals surface area contributed by atoms with Gasteiger partial charge in [-0.15, -0.1) is 0 Å². The summed E-state index contributed by atoms with van der Waals surface area (Å²) in [6, 6.07) is -0.878. The molecule has 10 atom stereocenters. The number of ether oxygens (including phenoxy) is 3. The quantitative estimate of drug-likeness (QED) is 0.253. The number of alkyl halides is 1. The summed E-state index contributed by atoms with van der Waals surface area (Å²) in [6.45, 7) is -1.91. The molecule has 10 nitrogen and oxygen atoms in total. The third-order valence-corrected chi connectivity index (χ3v) is 4.42. The van der Waals surface area contributed by atoms with Crippen LogP contribution < -0.4 is 5.73 Å². The monoisotopic (exact) mass is 358 g/mol. The Morgan fingerprint density at radius 2 is 1.46 bits per heavy atom. The van der Waals surface area contributed by atoms with Crippen molar-refractivity contribution in [1.82, 2.24) is 0 Å². The maximum Gasteiger partial charge on any atom is 0.187 e. The summed E-state index contributed by atoms with van der Waals surface area (Å²) >= 11 is 0. The lowest BCUT2D eigenvalue weighted by Gasteiger charge is -2.42. The lowest BCUT2D eigenvalue weighted by molar-refractivity contribution is -0.486. The van der Waals surface area contributed by atoms with Gasteiger partial charge in [-0.2, -0.15) is 0 Å². The van der Waals surface area contributed by atoms with Crippen molar-refractivity contribution in [1.29, 1.82) is 0 Å². The highest BCUT2D eigenvalue weighted by molar-refractivity contribution is 4.93. The molecule has 0 radical (unpaired) electrons. The predicted octanol–water partition coefficient (Wildman–Crippen LogP) is -5.13. The molecule has 0 saturated carbocycles. The van der Waals surface area contributed by atoms with Crippen molar-refractivity contribution in [3.63, 3.8) is 0 Å². The van der Waals surface area contributed by atoms with Gasteiger partial charge in [0.25, 0.3) is 0 Å². The summed E-state index contributed by atoms with van der Waals surface area (Å²) in [5.41, 5.74) is 3.53. The van der Waals surface area contributed by atoms with Crippen molar-refractivity contribution in [2.24, 2.45) is 0 Å². The number of hydrogen-bond donors (Lipinski definition) is 7. The van der Waals surface area contributed by atoms with Crippen LogP contribution in [0.25, 0.3) is 0 Å². The van der Waals surface area contributed by atoms with E-state index < -0.39 is 81.1 Å². The van der Waals surface area contributed by atoms with Crippen molar-refractivity contribution in [3.05, 3.63) is 0 Å². The van der Waals surface area contributed by atoms with Gasteiger partial charge >= 0.3 is 0 Å². The van der Waals surface area contributed by atoms with Crippen molar-refractivity contribution in [2.45, 2.75) is 61.2 Å². The SMILES string of the molecule is [NH3+][C@@H]1[C@H](O)[C@@H](O)[C@@H](OC[C@H]2O[C@H](CO)[C@@H](O)[C@H](O)[C@H]2O)O[C@@H]1CF. The molecule has 2 aliphatic heterocycles. The lowest BCUT2D eigenvalue weighted by atomic mass is 9.95. The molecular formula is C13H25FNO9+. The van der Waals surface area contributed by atoms with Crippen LogP contribution in [0.3, 0.4) is 0 Å². The number of hydrogen-bond acceptors (Lipinski definition) is 9. The first-order valence-electron chi connectivity index (χ1n) is 7.64. The third-order valence-electron chi connectivity index (χ3n) is 4.42. The van der Waals surface area contributed by atoms with E-state index in [1.165, 1.54) is 0 Å². The molecule has 2 aliphatic rings. The molecule has 0 aliphatic carbocycles. The fraction of sp³-hybridized carbons (Fsp3) is 1.00. The summed E-state index contributed by atoms with van der Waals surface area (Å²) in [7, 11) is 0. The molecule has 9 N–H and O–H groups in total. The molecule has 2 rings (SSSR count). The highest BCUT2D eigenvalue weighted by Crippen LogP contribution is 2.24. The van der Waals surface area contributed by atoms with Gasteiger partial charge in [0.1, 0.15) is 61.5 Å². The smallest absolute Gasteiger partial charge is 0.187 e. The summed E-state index contributed by atoms with van der Waals surface area (Å²) in [5, 5.41) is 58.1.